The first kappa shape index (κ1) is 19.9. The fraction of sp³-hybridized carbons (Fsp3) is 0.444. The molecular weight excluding hydrogens is 276 g/mol. The van der Waals surface area contributed by atoms with E-state index in [2.05, 4.69) is 18.3 Å². The summed E-state index contributed by atoms with van der Waals surface area (Å²) < 4.78 is 0. The molecular formula is C18H28N2O2. The lowest BCUT2D eigenvalue weighted by Crippen LogP contribution is -2.07. The van der Waals surface area contributed by atoms with Crippen molar-refractivity contribution in [1.82, 2.24) is 0 Å². The average molecular weight is 304 g/mol. The van der Waals surface area contributed by atoms with Crippen molar-refractivity contribution in [3.63, 3.8) is 0 Å². The van der Waals surface area contributed by atoms with Gasteiger partial charge in [0, 0.05) is 28.9 Å². The molecule has 0 aromatic heterocycles. The Morgan fingerprint density at radius 2 is 1.77 bits per heavy atom. The van der Waals surface area contributed by atoms with Gasteiger partial charge in [-0.05, 0) is 30.5 Å². The van der Waals surface area contributed by atoms with E-state index in [1.807, 2.05) is 20.8 Å². The van der Waals surface area contributed by atoms with Crippen LogP contribution in [0.1, 0.15) is 69.8 Å². The molecule has 0 aliphatic rings. The maximum Gasteiger partial charge on any atom is 0.211 e. The van der Waals surface area contributed by atoms with Gasteiger partial charge in [-0.25, -0.2) is 0 Å². The quantitative estimate of drug-likeness (QED) is 0.437. The van der Waals surface area contributed by atoms with Crippen LogP contribution in [0.3, 0.4) is 0 Å². The van der Waals surface area contributed by atoms with Crippen molar-refractivity contribution >= 4 is 29.1 Å². The van der Waals surface area contributed by atoms with Crippen molar-refractivity contribution in [1.29, 1.82) is 0 Å². The second kappa shape index (κ2) is 10.6. The number of hydrogen-bond acceptors (Lipinski definition) is 3. The number of nitrogens with two attached hydrogens (primary N) is 1. The van der Waals surface area contributed by atoms with E-state index in [1.54, 1.807) is 19.1 Å². The van der Waals surface area contributed by atoms with Gasteiger partial charge in [0.2, 0.25) is 6.41 Å². The van der Waals surface area contributed by atoms with E-state index < -0.39 is 0 Å². The SMILES string of the molecule is CC.CCC=C(CC)c1cc(N)c(C(=O)CC)cc1NC=O. The molecule has 0 saturated carbocycles. The van der Waals surface area contributed by atoms with Gasteiger partial charge in [-0.15, -0.1) is 0 Å². The summed E-state index contributed by atoms with van der Waals surface area (Å²) in [6.07, 6.45) is 4.84. The number of carbonyl (C=O) groups is 2. The summed E-state index contributed by atoms with van der Waals surface area (Å²) in [5.41, 5.74) is 9.53. The fourth-order valence-electron chi connectivity index (χ4n) is 2.19. The van der Waals surface area contributed by atoms with Gasteiger partial charge < -0.3 is 11.1 Å². The van der Waals surface area contributed by atoms with E-state index >= 15 is 0 Å². The van der Waals surface area contributed by atoms with Gasteiger partial charge >= 0.3 is 0 Å². The molecule has 22 heavy (non-hydrogen) atoms. The molecule has 4 nitrogen and oxygen atoms in total. The number of hydrogen-bond donors (Lipinski definition) is 2. The maximum atomic E-state index is 11.9. The number of carbonyl (C=O) groups excluding carboxylic acids is 2. The molecule has 0 unspecified atom stereocenters. The summed E-state index contributed by atoms with van der Waals surface area (Å²) in [7, 11) is 0. The van der Waals surface area contributed by atoms with Gasteiger partial charge in [0.25, 0.3) is 0 Å². The van der Waals surface area contributed by atoms with Crippen LogP contribution in [0.4, 0.5) is 11.4 Å². The smallest absolute Gasteiger partial charge is 0.211 e. The standard InChI is InChI=1S/C16H22N2O2.C2H6/c1-4-7-11(5-2)12-8-14(17)13(16(20)6-3)9-15(12)18-10-19;1-2/h7-10H,4-6,17H2,1-3H3,(H,18,19);1-2H3. The highest BCUT2D eigenvalue weighted by atomic mass is 16.1. The highest BCUT2D eigenvalue weighted by molar-refractivity contribution is 6.03. The number of anilines is 2. The average Bonchev–Trinajstić information content (AvgIpc) is 2.55. The lowest BCUT2D eigenvalue weighted by Gasteiger charge is -2.15. The third-order valence-corrected chi connectivity index (χ3v) is 3.20. The summed E-state index contributed by atoms with van der Waals surface area (Å²) >= 11 is 0. The van der Waals surface area contributed by atoms with Crippen LogP contribution in [0.25, 0.3) is 5.57 Å². The molecule has 0 radical (unpaired) electrons. The first-order valence-corrected chi connectivity index (χ1v) is 7.95. The van der Waals surface area contributed by atoms with Crippen molar-refractivity contribution in [3.05, 3.63) is 29.3 Å². The van der Waals surface area contributed by atoms with Crippen LogP contribution in [0.2, 0.25) is 0 Å². The second-order valence-corrected chi connectivity index (χ2v) is 4.52. The Hall–Kier alpha value is -2.10. The van der Waals surface area contributed by atoms with Crippen LogP contribution in [-0.2, 0) is 4.79 Å². The second-order valence-electron chi connectivity index (χ2n) is 4.52. The highest BCUT2D eigenvalue weighted by Gasteiger charge is 2.14. The summed E-state index contributed by atoms with van der Waals surface area (Å²) in [4.78, 5) is 22.6. The van der Waals surface area contributed by atoms with Crippen molar-refractivity contribution in [2.24, 2.45) is 0 Å². The Bertz CT molecular complexity index is 534. The Labute approximate surface area is 133 Å². The summed E-state index contributed by atoms with van der Waals surface area (Å²) in [5, 5.41) is 2.67. The fourth-order valence-corrected chi connectivity index (χ4v) is 2.19. The third kappa shape index (κ3) is 5.02. The van der Waals surface area contributed by atoms with Crippen LogP contribution in [-0.4, -0.2) is 12.2 Å². The largest absolute Gasteiger partial charge is 0.398 e. The van der Waals surface area contributed by atoms with Crippen LogP contribution in [0.5, 0.6) is 0 Å². The van der Waals surface area contributed by atoms with Crippen molar-refractivity contribution in [2.45, 2.75) is 53.9 Å². The van der Waals surface area contributed by atoms with Crippen LogP contribution < -0.4 is 11.1 Å². The number of rotatable bonds is 7. The molecule has 0 saturated heterocycles. The third-order valence-electron chi connectivity index (χ3n) is 3.20. The van der Waals surface area contributed by atoms with Crippen LogP contribution in [0, 0.1) is 0 Å². The minimum Gasteiger partial charge on any atom is -0.398 e. The first-order chi connectivity index (χ1) is 10.6. The van der Waals surface area contributed by atoms with Crippen molar-refractivity contribution < 1.29 is 9.59 Å². The van der Waals surface area contributed by atoms with E-state index in [-0.39, 0.29) is 5.78 Å². The maximum absolute atomic E-state index is 11.9. The molecule has 0 aliphatic carbocycles. The van der Waals surface area contributed by atoms with Gasteiger partial charge in [0.1, 0.15) is 0 Å². The number of nitrogens with one attached hydrogen (secondary N) is 1. The Balaban J connectivity index is 0.00000211. The zero-order valence-corrected chi connectivity index (χ0v) is 14.3. The lowest BCUT2D eigenvalue weighted by molar-refractivity contribution is -0.105. The van der Waals surface area contributed by atoms with Gasteiger partial charge in [-0.3, -0.25) is 9.59 Å². The van der Waals surface area contributed by atoms with Crippen LogP contribution in [0.15, 0.2) is 18.2 Å². The summed E-state index contributed by atoms with van der Waals surface area (Å²) in [6, 6.07) is 3.45. The zero-order valence-electron chi connectivity index (χ0n) is 14.3. The Morgan fingerprint density at radius 1 is 1.14 bits per heavy atom. The predicted octanol–water partition coefficient (Wildman–Crippen LogP) is 4.66. The Kier molecular flexibility index (Phi) is 9.59. The van der Waals surface area contributed by atoms with Gasteiger partial charge in [0.15, 0.2) is 5.78 Å². The van der Waals surface area contributed by atoms with Crippen LogP contribution >= 0.6 is 0 Å². The van der Waals surface area contributed by atoms with E-state index in [0.717, 1.165) is 24.0 Å². The Morgan fingerprint density at radius 3 is 2.23 bits per heavy atom. The number of Topliss-reactive ketones (excluding diaryl/α,β-unsaturated/α-hetero) is 1. The minimum absolute atomic E-state index is 0.0273. The van der Waals surface area contributed by atoms with E-state index in [1.165, 1.54) is 0 Å². The number of ketones is 1. The molecule has 1 aromatic carbocycles. The molecule has 0 spiro atoms. The zero-order chi connectivity index (χ0) is 17.1. The molecule has 1 amide bonds. The van der Waals surface area contributed by atoms with Gasteiger partial charge in [-0.2, -0.15) is 0 Å². The van der Waals surface area contributed by atoms with Crippen molar-refractivity contribution in [2.75, 3.05) is 11.1 Å². The number of amides is 1. The summed E-state index contributed by atoms with van der Waals surface area (Å²) in [5.74, 6) is -0.0273. The van der Waals surface area contributed by atoms with E-state index in [9.17, 15) is 9.59 Å². The molecule has 1 rings (SSSR count). The number of nitrogen functional groups attached to an aromatic ring is 1. The minimum atomic E-state index is -0.0273. The first-order valence-electron chi connectivity index (χ1n) is 7.95. The number of allylic oxidation sites excluding steroid dienone is 2. The summed E-state index contributed by atoms with van der Waals surface area (Å²) in [6.45, 7) is 9.89. The molecule has 0 atom stereocenters. The monoisotopic (exact) mass is 304 g/mol. The molecule has 1 aromatic rings. The highest BCUT2D eigenvalue weighted by Crippen LogP contribution is 2.31. The molecule has 0 aliphatic heterocycles. The molecule has 0 fully saturated rings. The molecule has 122 valence electrons. The lowest BCUT2D eigenvalue weighted by atomic mass is 9.95. The van der Waals surface area contributed by atoms with Gasteiger partial charge in [0.05, 0.1) is 0 Å². The molecule has 3 N–H and O–H groups in total. The van der Waals surface area contributed by atoms with Crippen molar-refractivity contribution in [3.8, 4) is 0 Å². The molecule has 0 heterocycles. The predicted molar refractivity (Wildman–Crippen MR) is 95.1 cm³/mol. The number of benzene rings is 1. The normalized spacial score (nSPS) is 10.5. The molecule has 4 heteroatoms. The van der Waals surface area contributed by atoms with Gasteiger partial charge in [-0.1, -0.05) is 40.7 Å². The molecule has 0 bridgehead atoms. The topological polar surface area (TPSA) is 72.2 Å². The van der Waals surface area contributed by atoms with E-state index in [0.29, 0.717) is 29.8 Å². The van der Waals surface area contributed by atoms with E-state index in [4.69, 9.17) is 5.73 Å².